The number of carbonyl (C=O) groups excluding carboxylic acids is 1. The Morgan fingerprint density at radius 1 is 1.50 bits per heavy atom. The minimum atomic E-state index is -0.516. The molecule has 1 aliphatic heterocycles. The van der Waals surface area contributed by atoms with Crippen molar-refractivity contribution in [2.45, 2.75) is 25.9 Å². The van der Waals surface area contributed by atoms with Crippen molar-refractivity contribution in [1.82, 2.24) is 4.90 Å². The Balaban J connectivity index is 1.85. The Labute approximate surface area is 129 Å². The summed E-state index contributed by atoms with van der Waals surface area (Å²) in [6, 6.07) is 6.08. The molecule has 1 saturated heterocycles. The molecule has 2 N–H and O–H groups in total. The number of nitrogens with one attached hydrogen (secondary N) is 1. The molecular formula is C15H21N3O4. The molecule has 1 fully saturated rings. The monoisotopic (exact) mass is 307 g/mol. The third-order valence-electron chi connectivity index (χ3n) is 4.03. The van der Waals surface area contributed by atoms with E-state index in [1.807, 2.05) is 11.8 Å². The largest absolute Gasteiger partial charge is 0.392 e. The zero-order valence-electron chi connectivity index (χ0n) is 12.6. The highest BCUT2D eigenvalue weighted by Gasteiger charge is 2.24. The molecule has 2 rings (SSSR count). The number of para-hydroxylation sites is 2. The number of nitro benzene ring substituents is 1. The van der Waals surface area contributed by atoms with Gasteiger partial charge in [0.05, 0.1) is 11.0 Å². The maximum Gasteiger partial charge on any atom is 0.292 e. The normalized spacial score (nSPS) is 22.3. The minimum absolute atomic E-state index is 0.113. The molecule has 2 unspecified atom stereocenters. The van der Waals surface area contributed by atoms with Crippen LogP contribution in [0.1, 0.15) is 19.8 Å². The van der Waals surface area contributed by atoms with Gasteiger partial charge in [0.2, 0.25) is 5.91 Å². The van der Waals surface area contributed by atoms with Gasteiger partial charge in [0, 0.05) is 25.6 Å². The Morgan fingerprint density at radius 2 is 2.23 bits per heavy atom. The number of nitrogens with zero attached hydrogens (tertiary/aromatic N) is 2. The van der Waals surface area contributed by atoms with Crippen LogP contribution in [0.2, 0.25) is 0 Å². The third-order valence-corrected chi connectivity index (χ3v) is 4.03. The van der Waals surface area contributed by atoms with Crippen LogP contribution < -0.4 is 5.32 Å². The second-order valence-corrected chi connectivity index (χ2v) is 5.71. The summed E-state index contributed by atoms with van der Waals surface area (Å²) >= 11 is 0. The van der Waals surface area contributed by atoms with E-state index in [4.69, 9.17) is 0 Å². The van der Waals surface area contributed by atoms with Crippen molar-refractivity contribution in [3.05, 3.63) is 34.4 Å². The molecule has 0 radical (unpaired) electrons. The van der Waals surface area contributed by atoms with E-state index in [1.165, 1.54) is 12.1 Å². The van der Waals surface area contributed by atoms with Gasteiger partial charge in [-0.15, -0.1) is 0 Å². The lowest BCUT2D eigenvalue weighted by Crippen LogP contribution is -2.43. The molecule has 0 saturated carbocycles. The minimum Gasteiger partial charge on any atom is -0.392 e. The van der Waals surface area contributed by atoms with Crippen LogP contribution in [0.4, 0.5) is 11.4 Å². The number of benzene rings is 1. The summed E-state index contributed by atoms with van der Waals surface area (Å²) in [5.41, 5.74) is 0.0999. The number of likely N-dealkylation sites (tertiary alicyclic amines) is 1. The van der Waals surface area contributed by atoms with E-state index in [1.54, 1.807) is 12.1 Å². The van der Waals surface area contributed by atoms with E-state index in [0.29, 0.717) is 13.1 Å². The van der Waals surface area contributed by atoms with Crippen LogP contribution in [0.3, 0.4) is 0 Å². The van der Waals surface area contributed by atoms with Gasteiger partial charge in [-0.25, -0.2) is 0 Å². The number of β-amino-alcohol motifs (C(OH)–C–C–N with tert-alkyl or cyclic N) is 1. The van der Waals surface area contributed by atoms with Crippen molar-refractivity contribution < 1.29 is 14.8 Å². The van der Waals surface area contributed by atoms with Crippen molar-refractivity contribution in [3.63, 3.8) is 0 Å². The smallest absolute Gasteiger partial charge is 0.292 e. The van der Waals surface area contributed by atoms with Crippen LogP contribution in [-0.2, 0) is 4.79 Å². The predicted octanol–water partition coefficient (Wildman–Crippen LogP) is 1.63. The molecule has 1 amide bonds. The Hall–Kier alpha value is -1.99. The molecule has 1 aromatic carbocycles. The number of nitro groups is 1. The van der Waals surface area contributed by atoms with E-state index in [0.717, 1.165) is 13.0 Å². The van der Waals surface area contributed by atoms with Gasteiger partial charge in [-0.3, -0.25) is 14.9 Å². The van der Waals surface area contributed by atoms with Crippen LogP contribution in [-0.4, -0.2) is 46.6 Å². The predicted molar refractivity (Wildman–Crippen MR) is 82.6 cm³/mol. The second-order valence-electron chi connectivity index (χ2n) is 5.71. The quantitative estimate of drug-likeness (QED) is 0.636. The number of aliphatic hydroxyl groups excluding tert-OH is 1. The molecule has 7 heteroatoms. The molecule has 1 aromatic rings. The number of hydrogen-bond acceptors (Lipinski definition) is 5. The van der Waals surface area contributed by atoms with E-state index in [2.05, 4.69) is 5.32 Å². The summed E-state index contributed by atoms with van der Waals surface area (Å²) in [4.78, 5) is 24.4. The summed E-state index contributed by atoms with van der Waals surface area (Å²) in [5.74, 6) is 0.0273. The Bertz CT molecular complexity index is 549. The average Bonchev–Trinajstić information content (AvgIpc) is 2.49. The van der Waals surface area contributed by atoms with Gasteiger partial charge >= 0.3 is 0 Å². The number of carbonyl (C=O) groups is 1. The van der Waals surface area contributed by atoms with Gasteiger partial charge in [-0.05, 0) is 24.9 Å². The number of anilines is 1. The van der Waals surface area contributed by atoms with Gasteiger partial charge in [-0.2, -0.15) is 0 Å². The zero-order chi connectivity index (χ0) is 16.1. The van der Waals surface area contributed by atoms with E-state index >= 15 is 0 Å². The summed E-state index contributed by atoms with van der Waals surface area (Å²) < 4.78 is 0. The van der Waals surface area contributed by atoms with E-state index in [-0.39, 0.29) is 35.7 Å². The lowest BCUT2D eigenvalue weighted by molar-refractivity contribution is -0.383. The maximum absolute atomic E-state index is 12.0. The fourth-order valence-corrected chi connectivity index (χ4v) is 2.53. The van der Waals surface area contributed by atoms with Crippen molar-refractivity contribution in [1.29, 1.82) is 0 Å². The van der Waals surface area contributed by atoms with Crippen LogP contribution in [0.25, 0.3) is 0 Å². The highest BCUT2D eigenvalue weighted by Crippen LogP contribution is 2.23. The van der Waals surface area contributed by atoms with Crippen LogP contribution in [0, 0.1) is 16.0 Å². The maximum atomic E-state index is 12.0. The number of amides is 1. The molecule has 0 aliphatic carbocycles. The number of piperidine rings is 1. The number of aliphatic hydroxyl groups is 1. The van der Waals surface area contributed by atoms with Crippen molar-refractivity contribution in [3.8, 4) is 0 Å². The first kappa shape index (κ1) is 16.4. The van der Waals surface area contributed by atoms with E-state index in [9.17, 15) is 20.0 Å². The van der Waals surface area contributed by atoms with Crippen molar-refractivity contribution in [2.24, 2.45) is 5.92 Å². The van der Waals surface area contributed by atoms with E-state index < -0.39 is 4.92 Å². The molecule has 2 atom stereocenters. The van der Waals surface area contributed by atoms with Crippen molar-refractivity contribution >= 4 is 17.3 Å². The molecule has 0 spiro atoms. The van der Waals surface area contributed by atoms with Crippen molar-refractivity contribution in [2.75, 3.05) is 25.0 Å². The summed E-state index contributed by atoms with van der Waals surface area (Å²) in [5, 5.41) is 23.3. The van der Waals surface area contributed by atoms with Gasteiger partial charge in [-0.1, -0.05) is 19.1 Å². The highest BCUT2D eigenvalue weighted by atomic mass is 16.6. The number of hydrogen-bond donors (Lipinski definition) is 2. The molecule has 1 aliphatic rings. The fourth-order valence-electron chi connectivity index (χ4n) is 2.53. The molecule has 0 aromatic heterocycles. The summed E-state index contributed by atoms with van der Waals surface area (Å²) in [6.45, 7) is 3.98. The third kappa shape index (κ3) is 4.25. The van der Waals surface area contributed by atoms with Crippen LogP contribution in [0.15, 0.2) is 24.3 Å². The van der Waals surface area contributed by atoms with Gasteiger partial charge in [0.15, 0.2) is 0 Å². The Morgan fingerprint density at radius 3 is 2.91 bits per heavy atom. The number of rotatable bonds is 5. The van der Waals surface area contributed by atoms with Gasteiger partial charge in [0.25, 0.3) is 5.69 Å². The van der Waals surface area contributed by atoms with Gasteiger partial charge < -0.3 is 15.3 Å². The molecule has 0 bridgehead atoms. The highest BCUT2D eigenvalue weighted by molar-refractivity contribution is 5.93. The zero-order valence-corrected chi connectivity index (χ0v) is 12.6. The second kappa shape index (κ2) is 7.33. The molecule has 120 valence electrons. The SMILES string of the molecule is CC1CCN(CCC(=O)Nc2ccccc2[N+](=O)[O-])CC1O. The molecule has 7 nitrogen and oxygen atoms in total. The Kier molecular flexibility index (Phi) is 5.46. The average molecular weight is 307 g/mol. The molecule has 22 heavy (non-hydrogen) atoms. The van der Waals surface area contributed by atoms with Gasteiger partial charge in [0.1, 0.15) is 5.69 Å². The lowest BCUT2D eigenvalue weighted by atomic mass is 9.96. The molecular weight excluding hydrogens is 286 g/mol. The standard InChI is InChI=1S/C15H21N3O4/c1-11-6-8-17(10-14(11)19)9-7-15(20)16-12-4-2-3-5-13(12)18(21)22/h2-5,11,14,19H,6-10H2,1H3,(H,16,20). The first-order valence-corrected chi connectivity index (χ1v) is 7.41. The molecule has 1 heterocycles. The first-order chi connectivity index (χ1) is 10.5. The summed E-state index contributed by atoms with van der Waals surface area (Å²) in [7, 11) is 0. The van der Waals surface area contributed by atoms with Crippen LogP contribution >= 0.6 is 0 Å². The van der Waals surface area contributed by atoms with Crippen LogP contribution in [0.5, 0.6) is 0 Å². The lowest BCUT2D eigenvalue weighted by Gasteiger charge is -2.34. The first-order valence-electron chi connectivity index (χ1n) is 7.41. The topological polar surface area (TPSA) is 95.7 Å². The fraction of sp³-hybridized carbons (Fsp3) is 0.533. The summed E-state index contributed by atoms with van der Waals surface area (Å²) in [6.07, 6.45) is 0.798.